The van der Waals surface area contributed by atoms with E-state index in [1.165, 1.54) is 0 Å². The fourth-order valence-electron chi connectivity index (χ4n) is 1.56. The molecule has 1 N–H and O–H groups in total. The third-order valence-electron chi connectivity index (χ3n) is 2.51. The Kier molecular flexibility index (Phi) is 4.83. The van der Waals surface area contributed by atoms with Crippen LogP contribution in [0.1, 0.15) is 26.2 Å². The SMILES string of the molecule is CC1(CNS(=O)(=O)CCCCl)CCCO1. The van der Waals surface area contributed by atoms with Crippen molar-refractivity contribution >= 4 is 21.6 Å². The second-order valence-corrected chi connectivity index (χ2v) is 6.39. The number of halogens is 1. The number of rotatable bonds is 6. The molecule has 0 radical (unpaired) electrons. The molecule has 1 aliphatic heterocycles. The molecule has 0 amide bonds. The van der Waals surface area contributed by atoms with E-state index < -0.39 is 10.0 Å². The Hall–Kier alpha value is 0.160. The Morgan fingerprint density at radius 3 is 2.80 bits per heavy atom. The van der Waals surface area contributed by atoms with E-state index in [-0.39, 0.29) is 11.4 Å². The quantitative estimate of drug-likeness (QED) is 0.724. The van der Waals surface area contributed by atoms with E-state index in [0.29, 0.717) is 18.8 Å². The van der Waals surface area contributed by atoms with Crippen molar-refractivity contribution in [1.82, 2.24) is 4.72 Å². The van der Waals surface area contributed by atoms with Crippen LogP contribution in [-0.2, 0) is 14.8 Å². The topological polar surface area (TPSA) is 55.4 Å². The van der Waals surface area contributed by atoms with Crippen LogP contribution in [-0.4, -0.2) is 38.8 Å². The second kappa shape index (κ2) is 5.48. The molecule has 1 rings (SSSR count). The number of hydrogen-bond donors (Lipinski definition) is 1. The number of nitrogens with one attached hydrogen (secondary N) is 1. The van der Waals surface area contributed by atoms with Crippen molar-refractivity contribution in [3.8, 4) is 0 Å². The van der Waals surface area contributed by atoms with E-state index in [2.05, 4.69) is 4.72 Å². The van der Waals surface area contributed by atoms with Crippen molar-refractivity contribution in [2.75, 3.05) is 24.8 Å². The summed E-state index contributed by atoms with van der Waals surface area (Å²) in [6.45, 7) is 3.02. The third-order valence-corrected chi connectivity index (χ3v) is 4.19. The van der Waals surface area contributed by atoms with Crippen LogP contribution in [0.5, 0.6) is 0 Å². The summed E-state index contributed by atoms with van der Waals surface area (Å²) in [6, 6.07) is 0. The Labute approximate surface area is 96.4 Å². The highest BCUT2D eigenvalue weighted by molar-refractivity contribution is 7.89. The summed E-state index contributed by atoms with van der Waals surface area (Å²) in [6.07, 6.45) is 2.39. The summed E-state index contributed by atoms with van der Waals surface area (Å²) in [5.74, 6) is 0.460. The van der Waals surface area contributed by atoms with Crippen LogP contribution >= 0.6 is 11.6 Å². The molecule has 0 bridgehead atoms. The predicted molar refractivity (Wildman–Crippen MR) is 60.7 cm³/mol. The monoisotopic (exact) mass is 255 g/mol. The molecule has 0 aromatic rings. The zero-order chi connectivity index (χ0) is 11.4. The van der Waals surface area contributed by atoms with Crippen LogP contribution in [0.4, 0.5) is 0 Å². The summed E-state index contributed by atoms with van der Waals surface area (Å²) in [7, 11) is -3.18. The Bertz CT molecular complexity index is 286. The first kappa shape index (κ1) is 13.2. The maximum Gasteiger partial charge on any atom is 0.211 e. The number of hydrogen-bond acceptors (Lipinski definition) is 3. The summed E-state index contributed by atoms with van der Waals surface area (Å²) in [4.78, 5) is 0. The lowest BCUT2D eigenvalue weighted by atomic mass is 10.0. The number of sulfonamides is 1. The van der Waals surface area contributed by atoms with E-state index in [1.54, 1.807) is 0 Å². The maximum absolute atomic E-state index is 11.5. The summed E-state index contributed by atoms with van der Waals surface area (Å²) >= 11 is 5.45. The normalized spacial score (nSPS) is 27.1. The molecular weight excluding hydrogens is 238 g/mol. The first-order chi connectivity index (χ1) is 6.97. The van der Waals surface area contributed by atoms with Crippen LogP contribution in [0, 0.1) is 0 Å². The van der Waals surface area contributed by atoms with Gasteiger partial charge in [0.15, 0.2) is 0 Å². The minimum absolute atomic E-state index is 0.0899. The van der Waals surface area contributed by atoms with Crippen molar-refractivity contribution in [2.24, 2.45) is 0 Å². The Balaban J connectivity index is 2.35. The minimum atomic E-state index is -3.18. The lowest BCUT2D eigenvalue weighted by Gasteiger charge is -2.23. The first-order valence-electron chi connectivity index (χ1n) is 5.15. The van der Waals surface area contributed by atoms with Gasteiger partial charge in [-0.15, -0.1) is 11.6 Å². The minimum Gasteiger partial charge on any atom is -0.374 e. The van der Waals surface area contributed by atoms with E-state index in [4.69, 9.17) is 16.3 Å². The molecular formula is C9H18ClNO3S. The van der Waals surface area contributed by atoms with Gasteiger partial charge >= 0.3 is 0 Å². The molecule has 15 heavy (non-hydrogen) atoms. The molecule has 1 aliphatic rings. The molecule has 90 valence electrons. The van der Waals surface area contributed by atoms with E-state index >= 15 is 0 Å². The van der Waals surface area contributed by atoms with Gasteiger partial charge in [0.1, 0.15) is 0 Å². The molecule has 1 saturated heterocycles. The van der Waals surface area contributed by atoms with Gasteiger partial charge in [0, 0.05) is 19.0 Å². The fraction of sp³-hybridized carbons (Fsp3) is 1.00. The van der Waals surface area contributed by atoms with Crippen LogP contribution in [0.2, 0.25) is 0 Å². The molecule has 1 heterocycles. The van der Waals surface area contributed by atoms with Crippen molar-refractivity contribution in [2.45, 2.75) is 31.8 Å². The molecule has 1 unspecified atom stereocenters. The van der Waals surface area contributed by atoms with Crippen LogP contribution in [0.25, 0.3) is 0 Å². The Morgan fingerprint density at radius 2 is 2.27 bits per heavy atom. The largest absolute Gasteiger partial charge is 0.374 e. The molecule has 1 fully saturated rings. The van der Waals surface area contributed by atoms with Gasteiger partial charge in [-0.1, -0.05) is 0 Å². The molecule has 6 heteroatoms. The van der Waals surface area contributed by atoms with Crippen LogP contribution < -0.4 is 4.72 Å². The predicted octanol–water partition coefficient (Wildman–Crippen LogP) is 1.10. The maximum atomic E-state index is 11.5. The van der Waals surface area contributed by atoms with Gasteiger partial charge in [-0.25, -0.2) is 13.1 Å². The number of alkyl halides is 1. The Morgan fingerprint density at radius 1 is 1.53 bits per heavy atom. The molecule has 0 aliphatic carbocycles. The van der Waals surface area contributed by atoms with Gasteiger partial charge in [0.25, 0.3) is 0 Å². The summed E-state index contributed by atoms with van der Waals surface area (Å²) in [5.41, 5.74) is -0.325. The molecule has 0 saturated carbocycles. The van der Waals surface area contributed by atoms with E-state index in [9.17, 15) is 8.42 Å². The number of ether oxygens (including phenoxy) is 1. The molecule has 1 atom stereocenters. The third kappa shape index (κ3) is 4.68. The van der Waals surface area contributed by atoms with Gasteiger partial charge in [-0.3, -0.25) is 0 Å². The smallest absolute Gasteiger partial charge is 0.211 e. The average molecular weight is 256 g/mol. The standard InChI is InChI=1S/C9H18ClNO3S/c1-9(4-2-6-14-9)8-11-15(12,13)7-3-5-10/h11H,2-8H2,1H3. The van der Waals surface area contributed by atoms with Gasteiger partial charge in [-0.05, 0) is 26.2 Å². The van der Waals surface area contributed by atoms with E-state index in [0.717, 1.165) is 19.4 Å². The lowest BCUT2D eigenvalue weighted by Crippen LogP contribution is -2.40. The first-order valence-corrected chi connectivity index (χ1v) is 7.33. The van der Waals surface area contributed by atoms with Gasteiger partial charge in [-0.2, -0.15) is 0 Å². The molecule has 0 spiro atoms. The zero-order valence-corrected chi connectivity index (χ0v) is 10.5. The van der Waals surface area contributed by atoms with Crippen molar-refractivity contribution in [1.29, 1.82) is 0 Å². The highest BCUT2D eigenvalue weighted by Crippen LogP contribution is 2.24. The van der Waals surface area contributed by atoms with E-state index in [1.807, 2.05) is 6.92 Å². The highest BCUT2D eigenvalue weighted by atomic mass is 35.5. The van der Waals surface area contributed by atoms with Crippen molar-refractivity contribution < 1.29 is 13.2 Å². The van der Waals surface area contributed by atoms with Crippen molar-refractivity contribution in [3.63, 3.8) is 0 Å². The van der Waals surface area contributed by atoms with Crippen molar-refractivity contribution in [3.05, 3.63) is 0 Å². The molecule has 0 aromatic heterocycles. The highest BCUT2D eigenvalue weighted by Gasteiger charge is 2.30. The fourth-order valence-corrected chi connectivity index (χ4v) is 3.04. The molecule has 4 nitrogen and oxygen atoms in total. The average Bonchev–Trinajstić information content (AvgIpc) is 2.61. The van der Waals surface area contributed by atoms with Crippen LogP contribution in [0.15, 0.2) is 0 Å². The van der Waals surface area contributed by atoms with Gasteiger partial charge < -0.3 is 4.74 Å². The van der Waals surface area contributed by atoms with Gasteiger partial charge in [0.05, 0.1) is 11.4 Å². The second-order valence-electron chi connectivity index (χ2n) is 4.08. The summed E-state index contributed by atoms with van der Waals surface area (Å²) in [5, 5.41) is 0. The molecule has 0 aromatic carbocycles. The summed E-state index contributed by atoms with van der Waals surface area (Å²) < 4.78 is 31.0. The zero-order valence-electron chi connectivity index (χ0n) is 8.96. The van der Waals surface area contributed by atoms with Gasteiger partial charge in [0.2, 0.25) is 10.0 Å². The van der Waals surface area contributed by atoms with Crippen LogP contribution in [0.3, 0.4) is 0 Å². The lowest BCUT2D eigenvalue weighted by molar-refractivity contribution is 0.0250.